The molecule has 0 unspecified atom stereocenters. The molecule has 4 heteroatoms. The number of hydrogen-bond acceptors (Lipinski definition) is 3. The summed E-state index contributed by atoms with van der Waals surface area (Å²) >= 11 is 7.28. The van der Waals surface area contributed by atoms with Crippen LogP contribution in [-0.4, -0.2) is 52.6 Å². The quantitative estimate of drug-likeness (QED) is 0.701. The van der Waals surface area contributed by atoms with E-state index in [9.17, 15) is 0 Å². The van der Waals surface area contributed by atoms with Crippen LogP contribution in [0.5, 0.6) is 0 Å². The van der Waals surface area contributed by atoms with Crippen LogP contribution < -0.4 is 0 Å². The van der Waals surface area contributed by atoms with Crippen molar-refractivity contribution >= 4 is 28.3 Å². The van der Waals surface area contributed by atoms with Crippen molar-refractivity contribution in [2.24, 2.45) is 0 Å². The molecule has 0 aromatic heterocycles. The second-order valence-corrected chi connectivity index (χ2v) is 6.03. The summed E-state index contributed by atoms with van der Waals surface area (Å²) in [6, 6.07) is 0. The molecular formula is C12H24N2S2. The normalized spacial score (nSPS) is 17.8. The van der Waals surface area contributed by atoms with Crippen LogP contribution in [-0.2, 0) is 0 Å². The Morgan fingerprint density at radius 1 is 1.12 bits per heavy atom. The predicted octanol–water partition coefficient (Wildman–Crippen LogP) is 2.83. The number of piperazine rings is 1. The lowest BCUT2D eigenvalue weighted by Gasteiger charge is -2.35. The minimum absolute atomic E-state index is 1.11. The Morgan fingerprint density at radius 3 is 2.38 bits per heavy atom. The minimum atomic E-state index is 1.11. The van der Waals surface area contributed by atoms with Crippen LogP contribution in [0.4, 0.5) is 0 Å². The highest BCUT2D eigenvalue weighted by atomic mass is 32.2. The van der Waals surface area contributed by atoms with E-state index < -0.39 is 0 Å². The molecule has 0 amide bonds. The van der Waals surface area contributed by atoms with Crippen molar-refractivity contribution in [3.8, 4) is 0 Å². The highest BCUT2D eigenvalue weighted by Gasteiger charge is 2.18. The fourth-order valence-corrected chi connectivity index (χ4v) is 2.99. The van der Waals surface area contributed by atoms with E-state index in [0.29, 0.717) is 0 Å². The number of unbranched alkanes of at least 4 members (excludes halogenated alkanes) is 1. The van der Waals surface area contributed by atoms with Crippen molar-refractivity contribution in [2.75, 3.05) is 38.5 Å². The van der Waals surface area contributed by atoms with Gasteiger partial charge in [-0.1, -0.05) is 44.2 Å². The van der Waals surface area contributed by atoms with Gasteiger partial charge in [-0.2, -0.15) is 0 Å². The molecule has 0 aromatic carbocycles. The molecule has 94 valence electrons. The third-order valence-corrected chi connectivity index (χ3v) is 4.62. The van der Waals surface area contributed by atoms with Gasteiger partial charge in [0.05, 0.1) is 0 Å². The fraction of sp³-hybridized carbons (Fsp3) is 0.917. The average Bonchev–Trinajstić information content (AvgIpc) is 2.34. The van der Waals surface area contributed by atoms with E-state index in [2.05, 4.69) is 23.6 Å². The van der Waals surface area contributed by atoms with Crippen molar-refractivity contribution in [1.29, 1.82) is 0 Å². The molecular weight excluding hydrogens is 236 g/mol. The first-order valence-corrected chi connectivity index (χ1v) is 7.81. The Morgan fingerprint density at radius 2 is 1.81 bits per heavy atom. The maximum Gasteiger partial charge on any atom is 0.136 e. The molecule has 0 radical (unpaired) electrons. The van der Waals surface area contributed by atoms with Gasteiger partial charge in [0, 0.05) is 26.2 Å². The standard InChI is InChI=1S/C12H24N2S2/c1-3-5-6-13-7-9-14(10-8-13)12(15)16-11-4-2/h3-11H2,1-2H3. The summed E-state index contributed by atoms with van der Waals surface area (Å²) in [6.45, 7) is 10.3. The zero-order chi connectivity index (χ0) is 11.8. The Labute approximate surface area is 110 Å². The zero-order valence-electron chi connectivity index (χ0n) is 10.6. The Hall–Kier alpha value is 0.200. The fourth-order valence-electron chi connectivity index (χ4n) is 1.82. The molecule has 1 saturated heterocycles. The lowest BCUT2D eigenvalue weighted by Crippen LogP contribution is -2.47. The molecule has 1 rings (SSSR count). The van der Waals surface area contributed by atoms with E-state index in [1.165, 1.54) is 38.9 Å². The first-order chi connectivity index (χ1) is 7.77. The van der Waals surface area contributed by atoms with Crippen LogP contribution in [0.15, 0.2) is 0 Å². The van der Waals surface area contributed by atoms with Gasteiger partial charge in [0.25, 0.3) is 0 Å². The van der Waals surface area contributed by atoms with Crippen LogP contribution in [0.2, 0.25) is 0 Å². The molecule has 2 nitrogen and oxygen atoms in total. The van der Waals surface area contributed by atoms with Crippen molar-refractivity contribution in [2.45, 2.75) is 33.1 Å². The van der Waals surface area contributed by atoms with Crippen molar-refractivity contribution < 1.29 is 0 Å². The monoisotopic (exact) mass is 260 g/mol. The summed E-state index contributed by atoms with van der Waals surface area (Å²) in [5.41, 5.74) is 0. The predicted molar refractivity (Wildman–Crippen MR) is 78.3 cm³/mol. The lowest BCUT2D eigenvalue weighted by molar-refractivity contribution is 0.183. The van der Waals surface area contributed by atoms with Crippen molar-refractivity contribution in [1.82, 2.24) is 9.80 Å². The Balaban J connectivity index is 2.18. The molecule has 0 saturated carbocycles. The molecule has 16 heavy (non-hydrogen) atoms. The Kier molecular flexibility index (Phi) is 7.41. The summed E-state index contributed by atoms with van der Waals surface area (Å²) in [5.74, 6) is 1.16. The van der Waals surface area contributed by atoms with Gasteiger partial charge in [-0.15, -0.1) is 0 Å². The number of nitrogens with zero attached hydrogens (tertiary/aromatic N) is 2. The van der Waals surface area contributed by atoms with Crippen LogP contribution in [0, 0.1) is 0 Å². The van der Waals surface area contributed by atoms with Crippen LogP contribution in [0.3, 0.4) is 0 Å². The van der Waals surface area contributed by atoms with E-state index in [0.717, 1.165) is 23.2 Å². The Bertz CT molecular complexity index is 201. The maximum absolute atomic E-state index is 5.44. The second-order valence-electron chi connectivity index (χ2n) is 4.30. The topological polar surface area (TPSA) is 6.48 Å². The van der Waals surface area contributed by atoms with Crippen molar-refractivity contribution in [3.63, 3.8) is 0 Å². The zero-order valence-corrected chi connectivity index (χ0v) is 12.2. The highest BCUT2D eigenvalue weighted by molar-refractivity contribution is 8.22. The van der Waals surface area contributed by atoms with Gasteiger partial charge < -0.3 is 4.90 Å². The van der Waals surface area contributed by atoms with Crippen molar-refractivity contribution in [3.05, 3.63) is 0 Å². The highest BCUT2D eigenvalue weighted by Crippen LogP contribution is 2.13. The van der Waals surface area contributed by atoms with E-state index in [1.54, 1.807) is 0 Å². The minimum Gasteiger partial charge on any atom is -0.355 e. The molecule has 0 atom stereocenters. The van der Waals surface area contributed by atoms with E-state index >= 15 is 0 Å². The average molecular weight is 260 g/mol. The van der Waals surface area contributed by atoms with Gasteiger partial charge in [-0.25, -0.2) is 0 Å². The SMILES string of the molecule is CCCCN1CCN(C(=S)SCCC)CC1. The molecule has 1 fully saturated rings. The van der Waals surface area contributed by atoms with Gasteiger partial charge in [-0.05, 0) is 25.1 Å². The summed E-state index contributed by atoms with van der Waals surface area (Å²) in [6.07, 6.45) is 3.83. The van der Waals surface area contributed by atoms with Crippen LogP contribution in [0.25, 0.3) is 0 Å². The molecule has 0 spiro atoms. The first-order valence-electron chi connectivity index (χ1n) is 6.42. The van der Waals surface area contributed by atoms with Gasteiger partial charge in [0.2, 0.25) is 0 Å². The van der Waals surface area contributed by atoms with Gasteiger partial charge in [-0.3, -0.25) is 4.90 Å². The van der Waals surface area contributed by atoms with Gasteiger partial charge in [0.15, 0.2) is 0 Å². The molecule has 0 N–H and O–H groups in total. The van der Waals surface area contributed by atoms with Gasteiger partial charge in [0.1, 0.15) is 4.32 Å². The molecule has 1 aliphatic heterocycles. The number of hydrogen-bond donors (Lipinski definition) is 0. The van der Waals surface area contributed by atoms with Gasteiger partial charge >= 0.3 is 0 Å². The summed E-state index contributed by atoms with van der Waals surface area (Å²) < 4.78 is 1.11. The maximum atomic E-state index is 5.44. The van der Waals surface area contributed by atoms with E-state index in [1.807, 2.05) is 11.8 Å². The first kappa shape index (κ1) is 14.3. The third kappa shape index (κ3) is 5.02. The smallest absolute Gasteiger partial charge is 0.136 e. The largest absolute Gasteiger partial charge is 0.355 e. The van der Waals surface area contributed by atoms with E-state index in [-0.39, 0.29) is 0 Å². The lowest BCUT2D eigenvalue weighted by atomic mass is 10.3. The molecule has 0 aromatic rings. The summed E-state index contributed by atoms with van der Waals surface area (Å²) in [5, 5.41) is 0. The molecule has 0 aliphatic carbocycles. The number of rotatable bonds is 5. The summed E-state index contributed by atoms with van der Waals surface area (Å²) in [4.78, 5) is 4.94. The molecule has 1 heterocycles. The third-order valence-electron chi connectivity index (χ3n) is 2.89. The molecule has 1 aliphatic rings. The van der Waals surface area contributed by atoms with Crippen LogP contribution >= 0.6 is 24.0 Å². The van der Waals surface area contributed by atoms with E-state index in [4.69, 9.17) is 12.2 Å². The summed E-state index contributed by atoms with van der Waals surface area (Å²) in [7, 11) is 0. The molecule has 0 bridgehead atoms. The number of thioether (sulfide) groups is 1. The second kappa shape index (κ2) is 8.31. The van der Waals surface area contributed by atoms with Crippen LogP contribution in [0.1, 0.15) is 33.1 Å². The number of thiocarbonyl (C=S) groups is 1.